The number of amides is 1. The van der Waals surface area contributed by atoms with Crippen molar-refractivity contribution in [3.8, 4) is 0 Å². The van der Waals surface area contributed by atoms with Crippen molar-refractivity contribution in [2.75, 3.05) is 6.54 Å². The van der Waals surface area contributed by atoms with E-state index in [2.05, 4.69) is 6.92 Å². The Bertz CT molecular complexity index is 782. The molecule has 1 aromatic carbocycles. The second-order valence-corrected chi connectivity index (χ2v) is 7.98. The van der Waals surface area contributed by atoms with E-state index in [1.54, 1.807) is 6.07 Å². The number of aromatic nitrogens is 1. The Morgan fingerprint density at radius 2 is 2.04 bits per heavy atom. The smallest absolute Gasteiger partial charge is 0.410 e. The molecule has 0 saturated carbocycles. The molecule has 0 radical (unpaired) electrons. The molecule has 2 heterocycles. The summed E-state index contributed by atoms with van der Waals surface area (Å²) in [5.74, 6) is 0.439. The van der Waals surface area contributed by atoms with Gasteiger partial charge in [-0.1, -0.05) is 13.0 Å². The average molecular weight is 342 g/mol. The number of likely N-dealkylation sites (tertiary alicyclic amines) is 1. The summed E-state index contributed by atoms with van der Waals surface area (Å²) in [7, 11) is 0. The number of piperidine rings is 1. The highest BCUT2D eigenvalue weighted by atomic mass is 16.6. The predicted molar refractivity (Wildman–Crippen MR) is 97.0 cm³/mol. The van der Waals surface area contributed by atoms with Crippen LogP contribution in [0.5, 0.6) is 0 Å². The molecule has 1 aromatic heterocycles. The Hall–Kier alpha value is -2.30. The normalized spacial score (nSPS) is 21.4. The number of benzene rings is 1. The van der Waals surface area contributed by atoms with Crippen molar-refractivity contribution < 1.29 is 14.3 Å². The second kappa shape index (κ2) is 6.54. The Balaban J connectivity index is 1.95. The van der Waals surface area contributed by atoms with Gasteiger partial charge in [0.1, 0.15) is 5.60 Å². The molecular formula is C20H26N2O3. The largest absolute Gasteiger partial charge is 0.618 e. The predicted octanol–water partition coefficient (Wildman–Crippen LogP) is 4.18. The van der Waals surface area contributed by atoms with Gasteiger partial charge in [-0.3, -0.25) is 0 Å². The fraction of sp³-hybridized carbons (Fsp3) is 0.500. The van der Waals surface area contributed by atoms with Crippen molar-refractivity contribution in [2.45, 2.75) is 52.2 Å². The quantitative estimate of drug-likeness (QED) is 0.577. The Morgan fingerprint density at radius 1 is 1.28 bits per heavy atom. The lowest BCUT2D eigenvalue weighted by molar-refractivity contribution is -0.577. The van der Waals surface area contributed by atoms with E-state index in [4.69, 9.17) is 4.74 Å². The molecule has 0 aliphatic carbocycles. The Labute approximate surface area is 148 Å². The highest BCUT2D eigenvalue weighted by Gasteiger charge is 2.34. The highest BCUT2D eigenvalue weighted by molar-refractivity contribution is 5.77. The van der Waals surface area contributed by atoms with Gasteiger partial charge in [-0.05, 0) is 57.2 Å². The van der Waals surface area contributed by atoms with Crippen LogP contribution < -0.4 is 4.73 Å². The number of ether oxygens (including phenoxy) is 1. The molecule has 2 aromatic rings. The van der Waals surface area contributed by atoms with E-state index < -0.39 is 5.60 Å². The number of nitrogens with zero attached hydrogens (tertiary/aromatic N) is 2. The van der Waals surface area contributed by atoms with E-state index >= 15 is 0 Å². The summed E-state index contributed by atoms with van der Waals surface area (Å²) in [5.41, 5.74) is 1.09. The number of hydrogen-bond acceptors (Lipinski definition) is 3. The molecule has 1 saturated heterocycles. The maximum absolute atomic E-state index is 12.7. The minimum absolute atomic E-state index is 0.0596. The SMILES string of the molecule is C[C@H]1CC[C@H](c2ccc3ccc[n+]([O-])c3c2)N(C(=O)OC(C)(C)C)C1. The number of fused-ring (bicyclic) bond motifs is 1. The molecule has 134 valence electrons. The first-order valence-electron chi connectivity index (χ1n) is 8.86. The standard InChI is InChI=1S/C20H26N2O3/c1-14-7-10-17(21(13-14)19(23)25-20(2,3)4)16-9-8-15-6-5-11-22(24)18(15)12-16/h5-6,8-9,11-12,14,17H,7,10,13H2,1-4H3/t14-,17+/m0/s1. The van der Waals surface area contributed by atoms with Crippen molar-refractivity contribution in [3.05, 3.63) is 47.3 Å². The van der Waals surface area contributed by atoms with Crippen LogP contribution in [0.4, 0.5) is 4.79 Å². The summed E-state index contributed by atoms with van der Waals surface area (Å²) >= 11 is 0. The lowest BCUT2D eigenvalue weighted by atomic mass is 9.90. The third-order valence-corrected chi connectivity index (χ3v) is 4.62. The third-order valence-electron chi connectivity index (χ3n) is 4.62. The summed E-state index contributed by atoms with van der Waals surface area (Å²) < 4.78 is 6.49. The molecule has 1 aliphatic rings. The van der Waals surface area contributed by atoms with E-state index in [1.807, 2.05) is 49.9 Å². The first kappa shape index (κ1) is 17.5. The number of hydrogen-bond donors (Lipinski definition) is 0. The van der Waals surface area contributed by atoms with Crippen LogP contribution in [0, 0.1) is 11.1 Å². The summed E-state index contributed by atoms with van der Waals surface area (Å²) in [5, 5.41) is 13.0. The minimum Gasteiger partial charge on any atom is -0.618 e. The van der Waals surface area contributed by atoms with Gasteiger partial charge in [-0.2, -0.15) is 4.73 Å². The van der Waals surface area contributed by atoms with E-state index in [-0.39, 0.29) is 12.1 Å². The number of carbonyl (C=O) groups is 1. The molecule has 0 spiro atoms. The van der Waals surface area contributed by atoms with Crippen molar-refractivity contribution in [3.63, 3.8) is 0 Å². The van der Waals surface area contributed by atoms with Crippen molar-refractivity contribution >= 4 is 17.0 Å². The average Bonchev–Trinajstić information content (AvgIpc) is 2.53. The fourth-order valence-corrected chi connectivity index (χ4v) is 3.43. The van der Waals surface area contributed by atoms with Crippen LogP contribution in [0.3, 0.4) is 0 Å². The van der Waals surface area contributed by atoms with E-state index in [9.17, 15) is 10.0 Å². The van der Waals surface area contributed by atoms with E-state index in [0.29, 0.717) is 18.0 Å². The molecule has 2 atom stereocenters. The maximum atomic E-state index is 12.7. The monoisotopic (exact) mass is 342 g/mol. The highest BCUT2D eigenvalue weighted by Crippen LogP contribution is 2.35. The van der Waals surface area contributed by atoms with Gasteiger partial charge in [-0.25, -0.2) is 4.79 Å². The molecule has 3 rings (SSSR count). The van der Waals surface area contributed by atoms with Gasteiger partial charge in [0.15, 0.2) is 6.20 Å². The summed E-state index contributed by atoms with van der Waals surface area (Å²) in [6, 6.07) is 9.47. The molecule has 5 heteroatoms. The number of carbonyl (C=O) groups excluding carboxylic acids is 1. The molecule has 0 bridgehead atoms. The second-order valence-electron chi connectivity index (χ2n) is 7.98. The third kappa shape index (κ3) is 3.86. The van der Waals surface area contributed by atoms with Gasteiger partial charge >= 0.3 is 6.09 Å². The zero-order valence-electron chi connectivity index (χ0n) is 15.4. The molecule has 0 unspecified atom stereocenters. The van der Waals surface area contributed by atoms with Gasteiger partial charge in [0, 0.05) is 24.1 Å². The number of pyridine rings is 1. The molecule has 1 aliphatic heterocycles. The van der Waals surface area contributed by atoms with Crippen LogP contribution in [-0.4, -0.2) is 23.1 Å². The summed E-state index contributed by atoms with van der Waals surface area (Å²) in [6.07, 6.45) is 3.14. The van der Waals surface area contributed by atoms with Crippen molar-refractivity contribution in [1.29, 1.82) is 0 Å². The molecule has 1 fully saturated rings. The summed E-state index contributed by atoms with van der Waals surface area (Å²) in [4.78, 5) is 14.5. The molecule has 0 N–H and O–H groups in total. The first-order chi connectivity index (χ1) is 11.7. The fourth-order valence-electron chi connectivity index (χ4n) is 3.43. The van der Waals surface area contributed by atoms with Crippen molar-refractivity contribution in [1.82, 2.24) is 4.90 Å². The molecule has 25 heavy (non-hydrogen) atoms. The van der Waals surface area contributed by atoms with Crippen LogP contribution >= 0.6 is 0 Å². The van der Waals surface area contributed by atoms with Gasteiger partial charge in [0.05, 0.1) is 6.04 Å². The zero-order valence-corrected chi connectivity index (χ0v) is 15.4. The van der Waals surface area contributed by atoms with Gasteiger partial charge < -0.3 is 14.8 Å². The van der Waals surface area contributed by atoms with Crippen LogP contribution in [0.1, 0.15) is 52.1 Å². The Kier molecular flexibility index (Phi) is 4.58. The molecule has 5 nitrogen and oxygen atoms in total. The topological polar surface area (TPSA) is 56.5 Å². The first-order valence-corrected chi connectivity index (χ1v) is 8.86. The van der Waals surface area contributed by atoms with Crippen molar-refractivity contribution in [2.24, 2.45) is 5.92 Å². The molecule has 1 amide bonds. The lowest BCUT2D eigenvalue weighted by Gasteiger charge is -2.39. The minimum atomic E-state index is -0.524. The van der Waals surface area contributed by atoms with Crippen LogP contribution in [-0.2, 0) is 4.74 Å². The van der Waals surface area contributed by atoms with Gasteiger partial charge in [0.2, 0.25) is 5.52 Å². The maximum Gasteiger partial charge on any atom is 0.410 e. The van der Waals surface area contributed by atoms with Gasteiger partial charge in [0.25, 0.3) is 0 Å². The van der Waals surface area contributed by atoms with E-state index in [0.717, 1.165) is 28.5 Å². The summed E-state index contributed by atoms with van der Waals surface area (Å²) in [6.45, 7) is 8.46. The van der Waals surface area contributed by atoms with Crippen LogP contribution in [0.25, 0.3) is 10.9 Å². The van der Waals surface area contributed by atoms with Crippen LogP contribution in [0.2, 0.25) is 0 Å². The number of rotatable bonds is 1. The van der Waals surface area contributed by atoms with Crippen LogP contribution in [0.15, 0.2) is 36.5 Å². The Morgan fingerprint density at radius 3 is 2.76 bits per heavy atom. The lowest BCUT2D eigenvalue weighted by Crippen LogP contribution is -2.44. The van der Waals surface area contributed by atoms with Gasteiger partial charge in [-0.15, -0.1) is 0 Å². The van der Waals surface area contributed by atoms with E-state index in [1.165, 1.54) is 6.20 Å². The molecular weight excluding hydrogens is 316 g/mol. The zero-order chi connectivity index (χ0) is 18.2.